The summed E-state index contributed by atoms with van der Waals surface area (Å²) in [7, 11) is 0. The van der Waals surface area contributed by atoms with E-state index in [1.54, 1.807) is 11.3 Å². The molecule has 19 heavy (non-hydrogen) atoms. The number of hydrogen-bond donors (Lipinski definition) is 2. The molecule has 0 aliphatic rings. The third kappa shape index (κ3) is 3.56. The van der Waals surface area contributed by atoms with Gasteiger partial charge in [0.25, 0.3) is 0 Å². The van der Waals surface area contributed by atoms with Gasteiger partial charge in [-0.25, -0.2) is 0 Å². The SMILES string of the molecule is NNC(Cc1ccc(C(F)(F)F)cc1)c1cccs1. The average molecular weight is 286 g/mol. The number of nitrogens with one attached hydrogen (secondary N) is 1. The Morgan fingerprint density at radius 2 is 1.84 bits per heavy atom. The van der Waals surface area contributed by atoms with E-state index < -0.39 is 11.7 Å². The molecule has 1 atom stereocenters. The fraction of sp³-hybridized carbons (Fsp3) is 0.231. The minimum Gasteiger partial charge on any atom is -0.271 e. The molecule has 0 saturated carbocycles. The zero-order valence-electron chi connectivity index (χ0n) is 9.95. The highest BCUT2D eigenvalue weighted by molar-refractivity contribution is 7.10. The molecule has 2 rings (SSSR count). The third-order valence-corrected chi connectivity index (χ3v) is 3.79. The van der Waals surface area contributed by atoms with Crippen molar-refractivity contribution in [2.75, 3.05) is 0 Å². The van der Waals surface area contributed by atoms with E-state index in [9.17, 15) is 13.2 Å². The van der Waals surface area contributed by atoms with Crippen LogP contribution in [-0.4, -0.2) is 0 Å². The maximum Gasteiger partial charge on any atom is 0.416 e. The maximum absolute atomic E-state index is 12.4. The Hall–Kier alpha value is -1.37. The summed E-state index contributed by atoms with van der Waals surface area (Å²) in [5.41, 5.74) is 2.86. The molecule has 0 spiro atoms. The Kier molecular flexibility index (Phi) is 4.24. The monoisotopic (exact) mass is 286 g/mol. The molecule has 0 saturated heterocycles. The van der Waals surface area contributed by atoms with Crippen LogP contribution in [0.1, 0.15) is 22.0 Å². The summed E-state index contributed by atoms with van der Waals surface area (Å²) in [6.45, 7) is 0. The Labute approximate surface area is 113 Å². The molecule has 1 heterocycles. The first-order valence-electron chi connectivity index (χ1n) is 5.66. The summed E-state index contributed by atoms with van der Waals surface area (Å²) in [6.07, 6.45) is -3.74. The molecule has 0 aliphatic heterocycles. The summed E-state index contributed by atoms with van der Waals surface area (Å²) in [5.74, 6) is 5.49. The molecule has 0 aliphatic carbocycles. The lowest BCUT2D eigenvalue weighted by atomic mass is 10.0. The van der Waals surface area contributed by atoms with Gasteiger partial charge in [-0.15, -0.1) is 11.3 Å². The van der Waals surface area contributed by atoms with Gasteiger partial charge in [0.15, 0.2) is 0 Å². The van der Waals surface area contributed by atoms with Gasteiger partial charge in [0.1, 0.15) is 0 Å². The second-order valence-electron chi connectivity index (χ2n) is 4.13. The minimum absolute atomic E-state index is 0.0864. The molecule has 6 heteroatoms. The highest BCUT2D eigenvalue weighted by atomic mass is 32.1. The van der Waals surface area contributed by atoms with Crippen LogP contribution in [0.5, 0.6) is 0 Å². The Balaban J connectivity index is 2.11. The van der Waals surface area contributed by atoms with E-state index in [-0.39, 0.29) is 6.04 Å². The number of nitrogens with two attached hydrogens (primary N) is 1. The number of halogens is 3. The molecule has 2 nitrogen and oxygen atoms in total. The minimum atomic E-state index is -4.29. The van der Waals surface area contributed by atoms with Gasteiger partial charge in [0.2, 0.25) is 0 Å². The van der Waals surface area contributed by atoms with Crippen LogP contribution in [0.2, 0.25) is 0 Å². The molecule has 0 amide bonds. The number of hydrogen-bond acceptors (Lipinski definition) is 3. The summed E-state index contributed by atoms with van der Waals surface area (Å²) in [5, 5.41) is 1.94. The molecule has 0 fully saturated rings. The first-order chi connectivity index (χ1) is 9.00. The van der Waals surface area contributed by atoms with E-state index in [0.717, 1.165) is 22.6 Å². The van der Waals surface area contributed by atoms with E-state index in [2.05, 4.69) is 5.43 Å². The second kappa shape index (κ2) is 5.73. The van der Waals surface area contributed by atoms with Crippen molar-refractivity contribution in [1.29, 1.82) is 0 Å². The molecule has 3 N–H and O–H groups in total. The number of alkyl halides is 3. The molecule has 1 aromatic heterocycles. The quantitative estimate of drug-likeness (QED) is 0.666. The van der Waals surface area contributed by atoms with Gasteiger partial charge in [-0.3, -0.25) is 11.3 Å². The lowest BCUT2D eigenvalue weighted by molar-refractivity contribution is -0.137. The number of rotatable bonds is 4. The summed E-state index contributed by atoms with van der Waals surface area (Å²) >= 11 is 1.56. The van der Waals surface area contributed by atoms with E-state index in [0.29, 0.717) is 6.42 Å². The van der Waals surface area contributed by atoms with Crippen LogP contribution < -0.4 is 11.3 Å². The Morgan fingerprint density at radius 1 is 1.16 bits per heavy atom. The highest BCUT2D eigenvalue weighted by Gasteiger charge is 2.30. The van der Waals surface area contributed by atoms with E-state index >= 15 is 0 Å². The van der Waals surface area contributed by atoms with Crippen LogP contribution in [0.15, 0.2) is 41.8 Å². The number of benzene rings is 1. The predicted molar refractivity (Wildman–Crippen MR) is 69.5 cm³/mol. The normalized spacial score (nSPS) is 13.5. The van der Waals surface area contributed by atoms with Crippen molar-refractivity contribution in [2.45, 2.75) is 18.6 Å². The van der Waals surface area contributed by atoms with Crippen LogP contribution >= 0.6 is 11.3 Å². The Morgan fingerprint density at radius 3 is 2.32 bits per heavy atom. The fourth-order valence-corrected chi connectivity index (χ4v) is 2.58. The molecule has 1 aromatic carbocycles. The van der Waals surface area contributed by atoms with Crippen LogP contribution in [0.25, 0.3) is 0 Å². The zero-order valence-corrected chi connectivity index (χ0v) is 10.8. The third-order valence-electron chi connectivity index (χ3n) is 2.81. The van der Waals surface area contributed by atoms with Crippen molar-refractivity contribution in [3.05, 3.63) is 57.8 Å². The zero-order chi connectivity index (χ0) is 13.9. The van der Waals surface area contributed by atoms with Crippen molar-refractivity contribution in [3.8, 4) is 0 Å². The second-order valence-corrected chi connectivity index (χ2v) is 5.11. The smallest absolute Gasteiger partial charge is 0.271 e. The highest BCUT2D eigenvalue weighted by Crippen LogP contribution is 2.30. The predicted octanol–water partition coefficient (Wildman–Crippen LogP) is 3.51. The topological polar surface area (TPSA) is 38.0 Å². The summed E-state index contributed by atoms with van der Waals surface area (Å²) in [6, 6.07) is 8.93. The first kappa shape index (κ1) is 14.0. The van der Waals surface area contributed by atoms with Gasteiger partial charge in [0.05, 0.1) is 11.6 Å². The van der Waals surface area contributed by atoms with Gasteiger partial charge in [0, 0.05) is 4.88 Å². The maximum atomic E-state index is 12.4. The molecule has 1 unspecified atom stereocenters. The molecule has 0 radical (unpaired) electrons. The van der Waals surface area contributed by atoms with Crippen molar-refractivity contribution in [1.82, 2.24) is 5.43 Å². The van der Waals surface area contributed by atoms with Crippen LogP contribution in [0.4, 0.5) is 13.2 Å². The van der Waals surface area contributed by atoms with E-state index in [1.807, 2.05) is 17.5 Å². The molecule has 102 valence electrons. The lowest BCUT2D eigenvalue weighted by Crippen LogP contribution is -2.28. The van der Waals surface area contributed by atoms with Crippen LogP contribution in [0, 0.1) is 0 Å². The van der Waals surface area contributed by atoms with Crippen molar-refractivity contribution < 1.29 is 13.2 Å². The van der Waals surface area contributed by atoms with Gasteiger partial charge in [-0.1, -0.05) is 18.2 Å². The Bertz CT molecular complexity index is 506. The number of thiophene rings is 1. The average Bonchev–Trinajstić information content (AvgIpc) is 2.89. The van der Waals surface area contributed by atoms with Crippen molar-refractivity contribution in [3.63, 3.8) is 0 Å². The van der Waals surface area contributed by atoms with Gasteiger partial charge < -0.3 is 0 Å². The van der Waals surface area contributed by atoms with Crippen molar-refractivity contribution in [2.24, 2.45) is 5.84 Å². The largest absolute Gasteiger partial charge is 0.416 e. The lowest BCUT2D eigenvalue weighted by Gasteiger charge is -2.15. The van der Waals surface area contributed by atoms with Gasteiger partial charge in [-0.2, -0.15) is 13.2 Å². The van der Waals surface area contributed by atoms with Gasteiger partial charge in [-0.05, 0) is 35.6 Å². The van der Waals surface area contributed by atoms with Crippen LogP contribution in [0.3, 0.4) is 0 Å². The molecular weight excluding hydrogens is 273 g/mol. The number of hydrazine groups is 1. The van der Waals surface area contributed by atoms with Gasteiger partial charge >= 0.3 is 6.18 Å². The fourth-order valence-electron chi connectivity index (χ4n) is 1.80. The van der Waals surface area contributed by atoms with Crippen LogP contribution in [-0.2, 0) is 12.6 Å². The van der Waals surface area contributed by atoms with Crippen molar-refractivity contribution >= 4 is 11.3 Å². The van der Waals surface area contributed by atoms with E-state index in [1.165, 1.54) is 12.1 Å². The molecule has 2 aromatic rings. The molecule has 0 bridgehead atoms. The first-order valence-corrected chi connectivity index (χ1v) is 6.54. The molecular formula is C13H13F3N2S. The van der Waals surface area contributed by atoms with E-state index in [4.69, 9.17) is 5.84 Å². The standard InChI is InChI=1S/C13H13F3N2S/c14-13(15,16)10-5-3-9(4-6-10)8-11(18-17)12-2-1-7-19-12/h1-7,11,18H,8,17H2. The summed E-state index contributed by atoms with van der Waals surface area (Å²) < 4.78 is 37.3. The summed E-state index contributed by atoms with van der Waals surface area (Å²) in [4.78, 5) is 1.06.